The van der Waals surface area contributed by atoms with Gasteiger partial charge in [-0.2, -0.15) is 0 Å². The maximum atomic E-state index is 10.7. The van der Waals surface area contributed by atoms with Crippen LogP contribution in [0.4, 0.5) is 0 Å². The third-order valence-corrected chi connectivity index (χ3v) is 3.24. The Labute approximate surface area is 113 Å². The van der Waals surface area contributed by atoms with E-state index in [0.29, 0.717) is 6.42 Å². The number of nitrogens with two attached hydrogens (primary N) is 3. The fourth-order valence-corrected chi connectivity index (χ4v) is 1.78. The molecule has 1 aromatic rings. The molecule has 7 N–H and O–H groups in total. The van der Waals surface area contributed by atoms with Crippen LogP contribution in [-0.4, -0.2) is 29.2 Å². The fraction of sp³-hybridized carbons (Fsp3) is 0.500. The van der Waals surface area contributed by atoms with Gasteiger partial charge in [0.25, 0.3) is 0 Å². The Balaban J connectivity index is 2.50. The molecule has 0 spiro atoms. The first-order valence-corrected chi connectivity index (χ1v) is 6.47. The van der Waals surface area contributed by atoms with Crippen LogP contribution >= 0.6 is 0 Å². The molecule has 3 atom stereocenters. The Morgan fingerprint density at radius 2 is 1.68 bits per heavy atom. The first-order valence-electron chi connectivity index (χ1n) is 6.47. The number of rotatable bonds is 7. The predicted octanol–water partition coefficient (Wildman–Crippen LogP) is 0.248. The molecule has 0 heterocycles. The third kappa shape index (κ3) is 5.38. The monoisotopic (exact) mass is 265 g/mol. The highest BCUT2D eigenvalue weighted by Crippen LogP contribution is 2.10. The first-order chi connectivity index (χ1) is 8.90. The number of carboxylic acids is 1. The van der Waals surface area contributed by atoms with E-state index in [2.05, 4.69) is 0 Å². The Morgan fingerprint density at radius 3 is 2.16 bits per heavy atom. The Morgan fingerprint density at radius 1 is 1.16 bits per heavy atom. The summed E-state index contributed by atoms with van der Waals surface area (Å²) in [5.74, 6) is -0.980. The molecular formula is C14H23N3O2. The summed E-state index contributed by atoms with van der Waals surface area (Å²) in [6.45, 7) is 1.90. The molecule has 0 aromatic heterocycles. The molecule has 0 saturated carbocycles. The van der Waals surface area contributed by atoms with E-state index in [4.69, 9.17) is 22.3 Å². The van der Waals surface area contributed by atoms with E-state index in [0.717, 1.165) is 18.4 Å². The van der Waals surface area contributed by atoms with Crippen molar-refractivity contribution in [2.45, 2.75) is 44.3 Å². The van der Waals surface area contributed by atoms with Crippen molar-refractivity contribution in [3.05, 3.63) is 35.4 Å². The van der Waals surface area contributed by atoms with Gasteiger partial charge in [0.2, 0.25) is 0 Å². The number of hydrogen-bond donors (Lipinski definition) is 4. The molecular weight excluding hydrogens is 242 g/mol. The second kappa shape index (κ2) is 7.23. The molecule has 3 unspecified atom stereocenters. The fourth-order valence-electron chi connectivity index (χ4n) is 1.78. The molecule has 0 amide bonds. The maximum Gasteiger partial charge on any atom is 0.320 e. The number of hydrogen-bond acceptors (Lipinski definition) is 4. The van der Waals surface area contributed by atoms with Gasteiger partial charge in [-0.1, -0.05) is 24.3 Å². The minimum Gasteiger partial charge on any atom is -0.480 e. The number of aryl methyl sites for hydroxylation is 1. The quantitative estimate of drug-likeness (QED) is 0.564. The maximum absolute atomic E-state index is 10.7. The van der Waals surface area contributed by atoms with Crippen LogP contribution in [-0.2, 0) is 17.6 Å². The van der Waals surface area contributed by atoms with Crippen LogP contribution in [0.25, 0.3) is 0 Å². The zero-order chi connectivity index (χ0) is 14.4. The molecule has 106 valence electrons. The predicted molar refractivity (Wildman–Crippen MR) is 75.7 cm³/mol. The molecule has 5 heteroatoms. The average molecular weight is 265 g/mol. The molecule has 0 fully saturated rings. The van der Waals surface area contributed by atoms with Crippen molar-refractivity contribution >= 4 is 5.97 Å². The van der Waals surface area contributed by atoms with Gasteiger partial charge >= 0.3 is 5.97 Å². The summed E-state index contributed by atoms with van der Waals surface area (Å²) < 4.78 is 0. The van der Waals surface area contributed by atoms with Crippen LogP contribution in [0, 0.1) is 0 Å². The lowest BCUT2D eigenvalue weighted by atomic mass is 9.99. The zero-order valence-electron chi connectivity index (χ0n) is 11.3. The topological polar surface area (TPSA) is 115 Å². The van der Waals surface area contributed by atoms with Gasteiger partial charge in [0.15, 0.2) is 0 Å². The van der Waals surface area contributed by atoms with E-state index < -0.39 is 12.0 Å². The van der Waals surface area contributed by atoms with Gasteiger partial charge < -0.3 is 22.3 Å². The lowest BCUT2D eigenvalue weighted by Crippen LogP contribution is -2.39. The average Bonchev–Trinajstić information content (AvgIpc) is 2.37. The van der Waals surface area contributed by atoms with E-state index in [1.807, 2.05) is 31.2 Å². The minimum atomic E-state index is -0.980. The van der Waals surface area contributed by atoms with E-state index in [1.54, 1.807) is 0 Å². The van der Waals surface area contributed by atoms with Crippen molar-refractivity contribution in [3.63, 3.8) is 0 Å². The molecule has 0 aliphatic carbocycles. The number of carbonyl (C=O) groups is 1. The van der Waals surface area contributed by atoms with Crippen LogP contribution in [0.1, 0.15) is 24.5 Å². The summed E-state index contributed by atoms with van der Waals surface area (Å²) >= 11 is 0. The summed E-state index contributed by atoms with van der Waals surface area (Å²) in [7, 11) is 0. The molecule has 0 saturated heterocycles. The van der Waals surface area contributed by atoms with Gasteiger partial charge in [-0.25, -0.2) is 0 Å². The number of aliphatic carboxylic acids is 1. The first kappa shape index (κ1) is 15.6. The van der Waals surface area contributed by atoms with E-state index in [-0.39, 0.29) is 12.1 Å². The highest BCUT2D eigenvalue weighted by Gasteiger charge is 2.12. The summed E-state index contributed by atoms with van der Waals surface area (Å²) in [5, 5.41) is 8.74. The van der Waals surface area contributed by atoms with Crippen LogP contribution in [0.15, 0.2) is 24.3 Å². The lowest BCUT2D eigenvalue weighted by molar-refractivity contribution is -0.138. The molecule has 0 radical (unpaired) electrons. The van der Waals surface area contributed by atoms with E-state index >= 15 is 0 Å². The van der Waals surface area contributed by atoms with Gasteiger partial charge in [-0.05, 0) is 37.3 Å². The molecule has 0 bridgehead atoms. The molecule has 1 aromatic carbocycles. The Hall–Kier alpha value is -1.43. The zero-order valence-corrected chi connectivity index (χ0v) is 11.3. The number of carboxylic acid groups (broad SMARTS) is 1. The van der Waals surface area contributed by atoms with Crippen LogP contribution in [0.3, 0.4) is 0 Å². The molecule has 0 aliphatic heterocycles. The van der Waals surface area contributed by atoms with E-state index in [1.165, 1.54) is 5.56 Å². The molecule has 0 aliphatic rings. The Kier molecular flexibility index (Phi) is 5.95. The number of benzene rings is 1. The summed E-state index contributed by atoms with van der Waals surface area (Å²) in [6.07, 6.45) is 2.05. The third-order valence-electron chi connectivity index (χ3n) is 3.24. The SMILES string of the molecule is CC(N)C(N)CCc1ccc(CC(N)C(=O)O)cc1. The molecule has 19 heavy (non-hydrogen) atoms. The largest absolute Gasteiger partial charge is 0.480 e. The highest BCUT2D eigenvalue weighted by atomic mass is 16.4. The van der Waals surface area contributed by atoms with Gasteiger partial charge in [-0.15, -0.1) is 0 Å². The van der Waals surface area contributed by atoms with E-state index in [9.17, 15) is 4.79 Å². The second-order valence-electron chi connectivity index (χ2n) is 5.03. The summed E-state index contributed by atoms with van der Waals surface area (Å²) in [4.78, 5) is 10.7. The van der Waals surface area contributed by atoms with Crippen molar-refractivity contribution in [3.8, 4) is 0 Å². The van der Waals surface area contributed by atoms with Crippen molar-refractivity contribution in [1.82, 2.24) is 0 Å². The van der Waals surface area contributed by atoms with Crippen LogP contribution in [0.2, 0.25) is 0 Å². The van der Waals surface area contributed by atoms with Crippen molar-refractivity contribution in [2.24, 2.45) is 17.2 Å². The lowest BCUT2D eigenvalue weighted by Gasteiger charge is -2.15. The summed E-state index contributed by atoms with van der Waals surface area (Å²) in [6, 6.07) is 6.94. The molecule has 5 nitrogen and oxygen atoms in total. The highest BCUT2D eigenvalue weighted by molar-refractivity contribution is 5.73. The van der Waals surface area contributed by atoms with Crippen molar-refractivity contribution < 1.29 is 9.90 Å². The normalized spacial score (nSPS) is 15.8. The van der Waals surface area contributed by atoms with Crippen LogP contribution < -0.4 is 17.2 Å². The minimum absolute atomic E-state index is 0.000101. The standard InChI is InChI=1S/C14H23N3O2/c1-9(15)12(16)7-6-10-2-4-11(5-3-10)8-13(17)14(18)19/h2-5,9,12-13H,6-8,15-17H2,1H3,(H,18,19). The van der Waals surface area contributed by atoms with Gasteiger partial charge in [0.1, 0.15) is 6.04 Å². The van der Waals surface area contributed by atoms with Gasteiger partial charge in [-0.3, -0.25) is 4.79 Å². The van der Waals surface area contributed by atoms with Crippen LogP contribution in [0.5, 0.6) is 0 Å². The Bertz CT molecular complexity index is 404. The smallest absolute Gasteiger partial charge is 0.320 e. The molecule has 1 rings (SSSR count). The van der Waals surface area contributed by atoms with Crippen molar-refractivity contribution in [1.29, 1.82) is 0 Å². The second-order valence-corrected chi connectivity index (χ2v) is 5.03. The van der Waals surface area contributed by atoms with Gasteiger partial charge in [0, 0.05) is 12.1 Å². The van der Waals surface area contributed by atoms with Crippen molar-refractivity contribution in [2.75, 3.05) is 0 Å². The summed E-state index contributed by atoms with van der Waals surface area (Å²) in [5.41, 5.74) is 19.2. The van der Waals surface area contributed by atoms with Gasteiger partial charge in [0.05, 0.1) is 0 Å².